The highest BCUT2D eigenvalue weighted by Crippen LogP contribution is 2.26. The van der Waals surface area contributed by atoms with Crippen molar-refractivity contribution in [1.29, 1.82) is 0 Å². The van der Waals surface area contributed by atoms with Gasteiger partial charge in [0.05, 0.1) is 6.61 Å². The predicted molar refractivity (Wildman–Crippen MR) is 79.8 cm³/mol. The molecule has 1 aliphatic carbocycles. The van der Waals surface area contributed by atoms with E-state index < -0.39 is 0 Å². The number of ether oxygens (including phenoxy) is 1. The van der Waals surface area contributed by atoms with Crippen molar-refractivity contribution in [2.45, 2.75) is 25.9 Å². The summed E-state index contributed by atoms with van der Waals surface area (Å²) in [5.74, 6) is 0.754. The average molecular weight is 310 g/mol. The van der Waals surface area contributed by atoms with Crippen LogP contribution in [0.25, 0.3) is 0 Å². The summed E-state index contributed by atoms with van der Waals surface area (Å²) < 4.78 is 6.37. The number of halogens is 1. The molecule has 98 valence electrons. The van der Waals surface area contributed by atoms with Crippen molar-refractivity contribution in [3.8, 4) is 0 Å². The standard InChI is InChI=1S/C15H20BrNO/c1-18-11-13-14(16)8-5-9-15(13)17-10-12-6-3-2-4-7-12/h2-3,5,8-9,12,17H,4,6-7,10-11H2,1H3. The molecule has 1 aliphatic rings. The molecule has 0 aromatic heterocycles. The van der Waals surface area contributed by atoms with Crippen LogP contribution in [0.1, 0.15) is 24.8 Å². The molecule has 0 saturated heterocycles. The number of nitrogens with one attached hydrogen (secondary N) is 1. The number of allylic oxidation sites excluding steroid dienone is 2. The van der Waals surface area contributed by atoms with Crippen LogP contribution in [0, 0.1) is 5.92 Å². The monoisotopic (exact) mass is 309 g/mol. The van der Waals surface area contributed by atoms with Crippen molar-refractivity contribution in [2.24, 2.45) is 5.92 Å². The average Bonchev–Trinajstić information content (AvgIpc) is 2.41. The lowest BCUT2D eigenvalue weighted by molar-refractivity contribution is 0.185. The fourth-order valence-corrected chi connectivity index (χ4v) is 2.79. The van der Waals surface area contributed by atoms with E-state index in [0.717, 1.165) is 16.9 Å². The van der Waals surface area contributed by atoms with Gasteiger partial charge in [0.1, 0.15) is 0 Å². The second-order valence-electron chi connectivity index (χ2n) is 4.73. The van der Waals surface area contributed by atoms with E-state index in [0.29, 0.717) is 6.61 Å². The van der Waals surface area contributed by atoms with Crippen molar-refractivity contribution < 1.29 is 4.74 Å². The molecule has 0 spiro atoms. The van der Waals surface area contributed by atoms with Gasteiger partial charge in [-0.15, -0.1) is 0 Å². The normalized spacial score (nSPS) is 18.9. The lowest BCUT2D eigenvalue weighted by Crippen LogP contribution is -2.16. The van der Waals surface area contributed by atoms with Crippen molar-refractivity contribution in [3.05, 3.63) is 40.4 Å². The van der Waals surface area contributed by atoms with E-state index in [4.69, 9.17) is 4.74 Å². The summed E-state index contributed by atoms with van der Waals surface area (Å²) in [5.41, 5.74) is 2.38. The Kier molecular flexibility index (Phi) is 5.26. The molecule has 2 nitrogen and oxygen atoms in total. The zero-order chi connectivity index (χ0) is 12.8. The maximum absolute atomic E-state index is 5.26. The molecule has 0 saturated carbocycles. The molecule has 3 heteroatoms. The SMILES string of the molecule is COCc1c(Br)cccc1NCC1CC=CCC1. The van der Waals surface area contributed by atoms with Crippen LogP contribution in [0.5, 0.6) is 0 Å². The maximum Gasteiger partial charge on any atom is 0.0744 e. The lowest BCUT2D eigenvalue weighted by atomic mass is 9.94. The Bertz CT molecular complexity index is 417. The van der Waals surface area contributed by atoms with Crippen molar-refractivity contribution in [1.82, 2.24) is 0 Å². The minimum Gasteiger partial charge on any atom is -0.384 e. The molecule has 0 aliphatic heterocycles. The zero-order valence-corrected chi connectivity index (χ0v) is 12.4. The Balaban J connectivity index is 1.99. The van der Waals surface area contributed by atoms with Gasteiger partial charge < -0.3 is 10.1 Å². The van der Waals surface area contributed by atoms with Crippen LogP contribution in [0.3, 0.4) is 0 Å². The van der Waals surface area contributed by atoms with Gasteiger partial charge in [-0.25, -0.2) is 0 Å². The summed E-state index contributed by atoms with van der Waals surface area (Å²) in [4.78, 5) is 0. The smallest absolute Gasteiger partial charge is 0.0744 e. The number of hydrogen-bond donors (Lipinski definition) is 1. The molecular formula is C15H20BrNO. The highest BCUT2D eigenvalue weighted by molar-refractivity contribution is 9.10. The van der Waals surface area contributed by atoms with Crippen molar-refractivity contribution in [3.63, 3.8) is 0 Å². The van der Waals surface area contributed by atoms with Crippen molar-refractivity contribution in [2.75, 3.05) is 19.0 Å². The molecule has 1 aromatic rings. The first-order chi connectivity index (χ1) is 8.81. The first kappa shape index (κ1) is 13.6. The van der Waals surface area contributed by atoms with Crippen LogP contribution in [0.15, 0.2) is 34.8 Å². The summed E-state index contributed by atoms with van der Waals surface area (Å²) in [7, 11) is 1.73. The maximum atomic E-state index is 5.26. The van der Waals surface area contributed by atoms with E-state index in [1.54, 1.807) is 7.11 Å². The Morgan fingerprint density at radius 3 is 3.00 bits per heavy atom. The van der Waals surface area contributed by atoms with Crippen LogP contribution < -0.4 is 5.32 Å². The molecule has 0 radical (unpaired) electrons. The van der Waals surface area contributed by atoms with E-state index >= 15 is 0 Å². The lowest BCUT2D eigenvalue weighted by Gasteiger charge is -2.20. The highest BCUT2D eigenvalue weighted by atomic mass is 79.9. The largest absolute Gasteiger partial charge is 0.384 e. The van der Waals surface area contributed by atoms with Gasteiger partial charge >= 0.3 is 0 Å². The van der Waals surface area contributed by atoms with Gasteiger partial charge in [-0.1, -0.05) is 34.1 Å². The van der Waals surface area contributed by atoms with E-state index in [2.05, 4.69) is 51.6 Å². The van der Waals surface area contributed by atoms with Gasteiger partial charge in [-0.2, -0.15) is 0 Å². The van der Waals surface area contributed by atoms with E-state index in [1.165, 1.54) is 30.5 Å². The van der Waals surface area contributed by atoms with Crippen molar-refractivity contribution >= 4 is 21.6 Å². The van der Waals surface area contributed by atoms with E-state index in [9.17, 15) is 0 Å². The third kappa shape index (κ3) is 3.59. The van der Waals surface area contributed by atoms with Crippen LogP contribution in [-0.4, -0.2) is 13.7 Å². The van der Waals surface area contributed by atoms with E-state index in [1.807, 2.05) is 0 Å². The number of hydrogen-bond acceptors (Lipinski definition) is 2. The number of rotatable bonds is 5. The molecule has 1 unspecified atom stereocenters. The molecular weight excluding hydrogens is 290 g/mol. The molecule has 0 heterocycles. The van der Waals surface area contributed by atoms with Gasteiger partial charge in [0, 0.05) is 29.4 Å². The summed E-state index contributed by atoms with van der Waals surface area (Å²) in [6.07, 6.45) is 8.28. The third-order valence-corrected chi connectivity index (χ3v) is 4.11. The zero-order valence-electron chi connectivity index (χ0n) is 10.8. The van der Waals surface area contributed by atoms with Gasteiger partial charge in [-0.3, -0.25) is 0 Å². The van der Waals surface area contributed by atoms with Gasteiger partial charge in [-0.05, 0) is 37.3 Å². The van der Waals surface area contributed by atoms with Crippen LogP contribution in [0.2, 0.25) is 0 Å². The quantitative estimate of drug-likeness (QED) is 0.816. The van der Waals surface area contributed by atoms with Crippen LogP contribution >= 0.6 is 15.9 Å². The number of anilines is 1. The molecule has 2 rings (SSSR count). The van der Waals surface area contributed by atoms with Gasteiger partial charge in [0.2, 0.25) is 0 Å². The first-order valence-electron chi connectivity index (χ1n) is 6.46. The minimum atomic E-state index is 0.633. The third-order valence-electron chi connectivity index (χ3n) is 3.37. The number of benzene rings is 1. The molecule has 1 atom stereocenters. The summed E-state index contributed by atoms with van der Waals surface area (Å²) in [6, 6.07) is 6.24. The fourth-order valence-electron chi connectivity index (χ4n) is 2.31. The van der Waals surface area contributed by atoms with Gasteiger partial charge in [0.25, 0.3) is 0 Å². The molecule has 0 amide bonds. The fraction of sp³-hybridized carbons (Fsp3) is 0.467. The molecule has 18 heavy (non-hydrogen) atoms. The Labute approximate surface area is 118 Å². The molecule has 0 bridgehead atoms. The summed E-state index contributed by atoms with van der Waals surface area (Å²) in [5, 5.41) is 3.56. The topological polar surface area (TPSA) is 21.3 Å². The molecule has 1 N–H and O–H groups in total. The summed E-state index contributed by atoms with van der Waals surface area (Å²) in [6.45, 7) is 1.67. The van der Waals surface area contributed by atoms with Gasteiger partial charge in [0.15, 0.2) is 0 Å². The van der Waals surface area contributed by atoms with E-state index in [-0.39, 0.29) is 0 Å². The summed E-state index contributed by atoms with van der Waals surface area (Å²) >= 11 is 3.58. The second kappa shape index (κ2) is 6.95. The molecule has 0 fully saturated rings. The molecule has 1 aromatic carbocycles. The number of methoxy groups -OCH3 is 1. The second-order valence-corrected chi connectivity index (χ2v) is 5.58. The Hall–Kier alpha value is -0.800. The minimum absolute atomic E-state index is 0.633. The Morgan fingerprint density at radius 1 is 1.39 bits per heavy atom. The van der Waals surface area contributed by atoms with Crippen LogP contribution in [0.4, 0.5) is 5.69 Å². The highest BCUT2D eigenvalue weighted by Gasteiger charge is 2.11. The first-order valence-corrected chi connectivity index (χ1v) is 7.25. The predicted octanol–water partition coefficient (Wildman–Crippen LogP) is 4.36. The van der Waals surface area contributed by atoms with Crippen LogP contribution in [-0.2, 0) is 11.3 Å². The Morgan fingerprint density at radius 2 is 2.28 bits per heavy atom.